The van der Waals surface area contributed by atoms with Crippen molar-refractivity contribution in [2.45, 2.75) is 24.7 Å². The van der Waals surface area contributed by atoms with Crippen molar-refractivity contribution in [1.82, 2.24) is 10.3 Å². The summed E-state index contributed by atoms with van der Waals surface area (Å²) in [5, 5.41) is 32.6. The third kappa shape index (κ3) is 6.16. The number of aliphatic hydroxyl groups excluding tert-OH is 2. The molecule has 0 saturated carbocycles. The first-order valence-corrected chi connectivity index (χ1v) is 10.7. The van der Waals surface area contributed by atoms with E-state index in [9.17, 15) is 28.5 Å². The highest BCUT2D eigenvalue weighted by molar-refractivity contribution is 7.92. The Hall–Kier alpha value is -2.67. The maximum absolute atomic E-state index is 12.6. The summed E-state index contributed by atoms with van der Waals surface area (Å²) in [7, 11) is -1.05. The average Bonchev–Trinajstić information content (AvgIpc) is 3.17. The lowest BCUT2D eigenvalue weighted by Crippen LogP contribution is -2.51. The summed E-state index contributed by atoms with van der Waals surface area (Å²) in [6, 6.07) is 4.89. The summed E-state index contributed by atoms with van der Waals surface area (Å²) >= 11 is 0. The smallest absolute Gasteiger partial charge is 0.311 e. The molecule has 1 aromatic carbocycles. The van der Waals surface area contributed by atoms with Crippen LogP contribution in [0.15, 0.2) is 34.9 Å². The first kappa shape index (κ1) is 23.6. The molecular formula is C18H25N3O8S. The van der Waals surface area contributed by atoms with E-state index in [1.807, 2.05) is 0 Å². The number of phenols is 1. The van der Waals surface area contributed by atoms with Crippen molar-refractivity contribution in [1.29, 1.82) is 0 Å². The maximum Gasteiger partial charge on any atom is 0.311 e. The van der Waals surface area contributed by atoms with Gasteiger partial charge < -0.3 is 29.8 Å². The van der Waals surface area contributed by atoms with Gasteiger partial charge in [-0.05, 0) is 24.1 Å². The molecule has 2 rings (SSSR count). The summed E-state index contributed by atoms with van der Waals surface area (Å²) in [6.07, 6.45) is -0.587. The van der Waals surface area contributed by atoms with E-state index in [1.165, 1.54) is 26.3 Å². The molecule has 0 bridgehead atoms. The number of nitrogens with one attached hydrogen (secondary N) is 1. The van der Waals surface area contributed by atoms with Crippen LogP contribution in [0.1, 0.15) is 16.1 Å². The van der Waals surface area contributed by atoms with Gasteiger partial charge in [-0.15, -0.1) is 0 Å². The molecule has 30 heavy (non-hydrogen) atoms. The first-order chi connectivity index (χ1) is 14.0. The Morgan fingerprint density at radius 3 is 2.50 bits per heavy atom. The molecule has 3 unspecified atom stereocenters. The molecule has 0 aliphatic heterocycles. The van der Waals surface area contributed by atoms with Crippen molar-refractivity contribution in [2.24, 2.45) is 0 Å². The van der Waals surface area contributed by atoms with E-state index in [0.29, 0.717) is 5.56 Å². The Morgan fingerprint density at radius 1 is 1.30 bits per heavy atom. The standard InChI is InChI=1S/C18H25N3O8S/c1-21(30(3,26)27)18-20-14(9-29-18)17(25)19-13(16(24)15(23)10-28-2)8-11-4-6-12(22)7-5-11/h4-7,9,13,15-16,22-24H,8,10H2,1-3H3,(H,19,25). The van der Waals surface area contributed by atoms with Crippen molar-refractivity contribution in [3.05, 3.63) is 41.8 Å². The van der Waals surface area contributed by atoms with E-state index in [1.54, 1.807) is 12.1 Å². The van der Waals surface area contributed by atoms with Gasteiger partial charge >= 0.3 is 6.01 Å². The monoisotopic (exact) mass is 443 g/mol. The zero-order chi connectivity index (χ0) is 22.5. The van der Waals surface area contributed by atoms with Crippen molar-refractivity contribution in [3.8, 4) is 5.75 Å². The van der Waals surface area contributed by atoms with Gasteiger partial charge in [0, 0.05) is 14.2 Å². The number of amides is 1. The molecule has 0 spiro atoms. The van der Waals surface area contributed by atoms with Crippen LogP contribution >= 0.6 is 0 Å². The summed E-state index contributed by atoms with van der Waals surface area (Å²) in [6.45, 7) is -0.156. The van der Waals surface area contributed by atoms with E-state index in [4.69, 9.17) is 9.15 Å². The minimum Gasteiger partial charge on any atom is -0.508 e. The molecule has 1 amide bonds. The molecule has 12 heteroatoms. The lowest BCUT2D eigenvalue weighted by Gasteiger charge is -2.27. The molecule has 11 nitrogen and oxygen atoms in total. The average molecular weight is 443 g/mol. The SMILES string of the molecule is COCC(O)C(O)C(Cc1ccc(O)cc1)NC(=O)c1coc(N(C)S(C)(=O)=O)n1. The molecule has 3 atom stereocenters. The zero-order valence-electron chi connectivity index (χ0n) is 16.7. The number of hydrogen-bond donors (Lipinski definition) is 4. The quantitative estimate of drug-likeness (QED) is 0.379. The zero-order valence-corrected chi connectivity index (χ0v) is 17.5. The predicted molar refractivity (Wildman–Crippen MR) is 107 cm³/mol. The molecular weight excluding hydrogens is 418 g/mol. The number of sulfonamides is 1. The van der Waals surface area contributed by atoms with E-state index < -0.39 is 34.2 Å². The normalized spacial score (nSPS) is 14.7. The number of aromatic hydroxyl groups is 1. The number of benzene rings is 1. The first-order valence-electron chi connectivity index (χ1n) is 8.86. The number of aromatic nitrogens is 1. The molecule has 1 aromatic heterocycles. The highest BCUT2D eigenvalue weighted by Gasteiger charge is 2.29. The minimum absolute atomic E-state index is 0.0597. The van der Waals surface area contributed by atoms with Crippen LogP contribution in [0.25, 0.3) is 0 Å². The number of ether oxygens (including phenoxy) is 1. The van der Waals surface area contributed by atoms with Crippen LogP contribution in [0.2, 0.25) is 0 Å². The third-order valence-electron chi connectivity index (χ3n) is 4.34. The Morgan fingerprint density at radius 2 is 1.93 bits per heavy atom. The molecule has 166 valence electrons. The summed E-state index contributed by atoms with van der Waals surface area (Å²) in [5.74, 6) is -0.677. The Kier molecular flexibility index (Phi) is 7.78. The fraction of sp³-hybridized carbons (Fsp3) is 0.444. The molecule has 0 fully saturated rings. The van der Waals surface area contributed by atoms with Gasteiger partial charge in [0.05, 0.1) is 18.9 Å². The van der Waals surface area contributed by atoms with Crippen LogP contribution < -0.4 is 9.62 Å². The number of carbonyl (C=O) groups excluding carboxylic acids is 1. The fourth-order valence-corrected chi connectivity index (χ4v) is 2.95. The Balaban J connectivity index is 2.20. The van der Waals surface area contributed by atoms with Crippen molar-refractivity contribution in [2.75, 3.05) is 31.3 Å². The number of nitrogens with zero attached hydrogens (tertiary/aromatic N) is 2. The molecule has 2 aromatic rings. The van der Waals surface area contributed by atoms with Gasteiger partial charge in [-0.3, -0.25) is 4.79 Å². The van der Waals surface area contributed by atoms with E-state index >= 15 is 0 Å². The highest BCUT2D eigenvalue weighted by atomic mass is 32.2. The minimum atomic E-state index is -3.63. The van der Waals surface area contributed by atoms with Gasteiger partial charge in [-0.2, -0.15) is 4.98 Å². The van der Waals surface area contributed by atoms with Gasteiger partial charge in [0.25, 0.3) is 5.91 Å². The number of rotatable bonds is 10. The lowest BCUT2D eigenvalue weighted by molar-refractivity contribution is -0.0407. The summed E-state index contributed by atoms with van der Waals surface area (Å²) in [4.78, 5) is 16.5. The molecule has 0 radical (unpaired) electrons. The number of hydrogen-bond acceptors (Lipinski definition) is 9. The van der Waals surface area contributed by atoms with Gasteiger partial charge in [0.15, 0.2) is 5.69 Å². The van der Waals surface area contributed by atoms with Crippen LogP contribution in [0.4, 0.5) is 6.01 Å². The van der Waals surface area contributed by atoms with Crippen molar-refractivity contribution in [3.63, 3.8) is 0 Å². The molecule has 0 aliphatic carbocycles. The van der Waals surface area contributed by atoms with Crippen LogP contribution in [0.5, 0.6) is 5.75 Å². The van der Waals surface area contributed by atoms with Crippen molar-refractivity contribution >= 4 is 21.9 Å². The number of carbonyl (C=O) groups is 1. The second-order valence-corrected chi connectivity index (χ2v) is 8.72. The number of methoxy groups -OCH3 is 1. The summed E-state index contributed by atoms with van der Waals surface area (Å²) < 4.78 is 33.8. The van der Waals surface area contributed by atoms with Crippen LogP contribution in [0, 0.1) is 0 Å². The molecule has 0 aliphatic rings. The maximum atomic E-state index is 12.6. The number of anilines is 1. The third-order valence-corrected chi connectivity index (χ3v) is 5.50. The predicted octanol–water partition coefficient (Wildman–Crippen LogP) is -0.515. The van der Waals surface area contributed by atoms with Gasteiger partial charge in [-0.1, -0.05) is 12.1 Å². The summed E-state index contributed by atoms with van der Waals surface area (Å²) in [5.41, 5.74) is 0.476. The lowest BCUT2D eigenvalue weighted by atomic mass is 9.97. The van der Waals surface area contributed by atoms with Gasteiger partial charge in [0.1, 0.15) is 24.2 Å². The topological polar surface area (TPSA) is 162 Å². The van der Waals surface area contributed by atoms with E-state index in [0.717, 1.165) is 16.8 Å². The second kappa shape index (κ2) is 9.89. The van der Waals surface area contributed by atoms with Crippen LogP contribution in [0.3, 0.4) is 0 Å². The molecule has 0 saturated heterocycles. The van der Waals surface area contributed by atoms with Crippen molar-refractivity contribution < 1.29 is 37.7 Å². The highest BCUT2D eigenvalue weighted by Crippen LogP contribution is 2.17. The van der Waals surface area contributed by atoms with Gasteiger partial charge in [-0.25, -0.2) is 12.7 Å². The van der Waals surface area contributed by atoms with Gasteiger partial charge in [0.2, 0.25) is 10.0 Å². The Bertz CT molecular complexity index is 945. The van der Waals surface area contributed by atoms with E-state index in [-0.39, 0.29) is 30.5 Å². The Labute approximate surface area is 174 Å². The number of phenolic OH excluding ortho intramolecular Hbond substituents is 1. The molecule has 4 N–H and O–H groups in total. The van der Waals surface area contributed by atoms with Crippen LogP contribution in [-0.2, 0) is 21.2 Å². The second-order valence-electron chi connectivity index (χ2n) is 6.71. The van der Waals surface area contributed by atoms with E-state index in [2.05, 4.69) is 10.3 Å². The number of aliphatic hydroxyl groups is 2. The van der Waals surface area contributed by atoms with Crippen LogP contribution in [-0.4, -0.2) is 79.9 Å². The fourth-order valence-electron chi connectivity index (χ4n) is 2.58. The molecule has 1 heterocycles. The number of oxazole rings is 1. The largest absolute Gasteiger partial charge is 0.508 e.